The van der Waals surface area contributed by atoms with E-state index >= 15 is 0 Å². The Morgan fingerprint density at radius 3 is 2.62 bits per heavy atom. The molecular weight excluding hydrogens is 337 g/mol. The number of hydrogen-bond donors (Lipinski definition) is 1. The van der Waals surface area contributed by atoms with Crippen LogP contribution in [0.15, 0.2) is 18.2 Å². The van der Waals surface area contributed by atoms with E-state index in [0.717, 1.165) is 5.56 Å². The third-order valence-electron chi connectivity index (χ3n) is 3.82. The van der Waals surface area contributed by atoms with Gasteiger partial charge in [-0.05, 0) is 57.2 Å². The standard InChI is InChI=1S/C17H21ClFNO4/c1-17(2,3)24-16(23)20-9-10(7-14(20)15(21)22)6-11-4-5-12(19)8-13(11)18/h4-5,8,10,14H,6-7,9H2,1-3H3,(H,21,22). The first kappa shape index (κ1) is 18.5. The number of ether oxygens (including phenoxy) is 1. The van der Waals surface area contributed by atoms with Crippen molar-refractivity contribution in [1.82, 2.24) is 4.90 Å². The predicted octanol–water partition coefficient (Wildman–Crippen LogP) is 3.73. The van der Waals surface area contributed by atoms with Crippen molar-refractivity contribution in [2.45, 2.75) is 45.3 Å². The van der Waals surface area contributed by atoms with Crippen LogP contribution in [0.4, 0.5) is 9.18 Å². The Labute approximate surface area is 145 Å². The molecule has 0 aliphatic carbocycles. The fourth-order valence-electron chi connectivity index (χ4n) is 2.83. The maximum atomic E-state index is 13.1. The number of amides is 1. The maximum absolute atomic E-state index is 13.1. The van der Waals surface area contributed by atoms with Gasteiger partial charge in [0.2, 0.25) is 0 Å². The van der Waals surface area contributed by atoms with Crippen molar-refractivity contribution in [2.75, 3.05) is 6.54 Å². The summed E-state index contributed by atoms with van der Waals surface area (Å²) in [6.45, 7) is 5.45. The lowest BCUT2D eigenvalue weighted by atomic mass is 9.96. The van der Waals surface area contributed by atoms with E-state index in [2.05, 4.69) is 0 Å². The topological polar surface area (TPSA) is 66.8 Å². The van der Waals surface area contributed by atoms with Crippen LogP contribution in [0.25, 0.3) is 0 Å². The summed E-state index contributed by atoms with van der Waals surface area (Å²) in [4.78, 5) is 25.0. The first-order valence-corrected chi connectivity index (χ1v) is 8.11. The number of carbonyl (C=O) groups excluding carboxylic acids is 1. The normalized spacial score (nSPS) is 21.0. The molecule has 132 valence electrons. The van der Waals surface area contributed by atoms with Crippen LogP contribution >= 0.6 is 11.6 Å². The van der Waals surface area contributed by atoms with Crippen LogP contribution in [0.5, 0.6) is 0 Å². The van der Waals surface area contributed by atoms with Crippen LogP contribution in [-0.4, -0.2) is 40.3 Å². The third-order valence-corrected chi connectivity index (χ3v) is 4.18. The molecule has 1 aromatic rings. The maximum Gasteiger partial charge on any atom is 0.411 e. The van der Waals surface area contributed by atoms with Crippen LogP contribution in [-0.2, 0) is 16.0 Å². The van der Waals surface area contributed by atoms with E-state index in [1.807, 2.05) is 0 Å². The van der Waals surface area contributed by atoms with Gasteiger partial charge in [0.25, 0.3) is 0 Å². The van der Waals surface area contributed by atoms with Crippen LogP contribution in [0.3, 0.4) is 0 Å². The van der Waals surface area contributed by atoms with Gasteiger partial charge in [0.05, 0.1) is 0 Å². The van der Waals surface area contributed by atoms with Gasteiger partial charge < -0.3 is 9.84 Å². The van der Waals surface area contributed by atoms with Gasteiger partial charge in [-0.3, -0.25) is 4.90 Å². The van der Waals surface area contributed by atoms with E-state index in [-0.39, 0.29) is 12.5 Å². The number of aliphatic carboxylic acids is 1. The van der Waals surface area contributed by atoms with Gasteiger partial charge >= 0.3 is 12.1 Å². The molecule has 2 rings (SSSR count). The average Bonchev–Trinajstić information content (AvgIpc) is 2.84. The van der Waals surface area contributed by atoms with Crippen LogP contribution in [0.2, 0.25) is 5.02 Å². The highest BCUT2D eigenvalue weighted by Crippen LogP contribution is 2.30. The molecule has 0 bridgehead atoms. The molecular formula is C17H21ClFNO4. The lowest BCUT2D eigenvalue weighted by molar-refractivity contribution is -0.142. The summed E-state index contributed by atoms with van der Waals surface area (Å²) in [5, 5.41) is 9.68. The second-order valence-electron chi connectivity index (χ2n) is 7.03. The zero-order chi connectivity index (χ0) is 18.1. The second kappa shape index (κ2) is 6.97. The lowest BCUT2D eigenvalue weighted by Crippen LogP contribution is -2.43. The number of carbonyl (C=O) groups is 2. The molecule has 0 spiro atoms. The number of carboxylic acid groups (broad SMARTS) is 1. The molecule has 1 aromatic carbocycles. The van der Waals surface area contributed by atoms with Crippen LogP contribution in [0.1, 0.15) is 32.8 Å². The molecule has 2 unspecified atom stereocenters. The third kappa shape index (κ3) is 4.60. The predicted molar refractivity (Wildman–Crippen MR) is 87.6 cm³/mol. The Morgan fingerprint density at radius 2 is 2.08 bits per heavy atom. The molecule has 1 aliphatic rings. The SMILES string of the molecule is CC(C)(C)OC(=O)N1CC(Cc2ccc(F)cc2Cl)CC1C(=O)O. The minimum Gasteiger partial charge on any atom is -0.480 e. The number of carboxylic acids is 1. The summed E-state index contributed by atoms with van der Waals surface area (Å²) in [5.74, 6) is -1.57. The van der Waals surface area contributed by atoms with Crippen molar-refractivity contribution < 1.29 is 23.8 Å². The molecule has 1 heterocycles. The number of likely N-dealkylation sites (tertiary alicyclic amines) is 1. The molecule has 24 heavy (non-hydrogen) atoms. The lowest BCUT2D eigenvalue weighted by Gasteiger charge is -2.26. The van der Waals surface area contributed by atoms with Crippen molar-refractivity contribution in [3.63, 3.8) is 0 Å². The van der Waals surface area contributed by atoms with Gasteiger partial charge in [0.15, 0.2) is 0 Å². The van der Waals surface area contributed by atoms with E-state index in [1.54, 1.807) is 26.8 Å². The minimum absolute atomic E-state index is 0.0819. The van der Waals surface area contributed by atoms with Crippen LogP contribution < -0.4 is 0 Å². The van der Waals surface area contributed by atoms with Crippen molar-refractivity contribution in [3.05, 3.63) is 34.6 Å². The van der Waals surface area contributed by atoms with Gasteiger partial charge in [-0.1, -0.05) is 17.7 Å². The summed E-state index contributed by atoms with van der Waals surface area (Å²) in [6, 6.07) is 3.20. The Kier molecular flexibility index (Phi) is 5.38. The highest BCUT2D eigenvalue weighted by Gasteiger charge is 2.41. The van der Waals surface area contributed by atoms with E-state index in [4.69, 9.17) is 16.3 Å². The Bertz CT molecular complexity index is 644. The molecule has 1 N–H and O–H groups in total. The first-order chi connectivity index (χ1) is 11.1. The summed E-state index contributed by atoms with van der Waals surface area (Å²) in [5.41, 5.74) is 0.0385. The van der Waals surface area contributed by atoms with Gasteiger partial charge in [0.1, 0.15) is 17.5 Å². The van der Waals surface area contributed by atoms with E-state index in [1.165, 1.54) is 17.0 Å². The average molecular weight is 358 g/mol. The number of hydrogen-bond acceptors (Lipinski definition) is 3. The molecule has 7 heteroatoms. The number of nitrogens with zero attached hydrogens (tertiary/aromatic N) is 1. The molecule has 0 radical (unpaired) electrons. The van der Waals surface area contributed by atoms with Crippen molar-refractivity contribution in [1.29, 1.82) is 0 Å². The second-order valence-corrected chi connectivity index (χ2v) is 7.44. The van der Waals surface area contributed by atoms with E-state index in [9.17, 15) is 19.1 Å². The minimum atomic E-state index is -1.06. The van der Waals surface area contributed by atoms with E-state index in [0.29, 0.717) is 17.9 Å². The Balaban J connectivity index is 2.11. The molecule has 1 fully saturated rings. The molecule has 2 atom stereocenters. The summed E-state index contributed by atoms with van der Waals surface area (Å²) >= 11 is 6.03. The van der Waals surface area contributed by atoms with Crippen LogP contribution in [0, 0.1) is 11.7 Å². The molecule has 1 saturated heterocycles. The zero-order valence-electron chi connectivity index (χ0n) is 13.9. The monoisotopic (exact) mass is 357 g/mol. The quantitative estimate of drug-likeness (QED) is 0.895. The number of halogens is 2. The molecule has 1 amide bonds. The van der Waals surface area contributed by atoms with Crippen molar-refractivity contribution in [3.8, 4) is 0 Å². The fraction of sp³-hybridized carbons (Fsp3) is 0.529. The Morgan fingerprint density at radius 1 is 1.42 bits per heavy atom. The number of rotatable bonds is 3. The first-order valence-electron chi connectivity index (χ1n) is 7.73. The zero-order valence-corrected chi connectivity index (χ0v) is 14.6. The van der Waals surface area contributed by atoms with E-state index < -0.39 is 29.5 Å². The summed E-state index contributed by atoms with van der Waals surface area (Å²) in [7, 11) is 0. The number of benzene rings is 1. The van der Waals surface area contributed by atoms with Gasteiger partial charge in [-0.15, -0.1) is 0 Å². The van der Waals surface area contributed by atoms with Crippen molar-refractivity contribution in [2.24, 2.45) is 5.92 Å². The molecule has 0 aromatic heterocycles. The molecule has 1 aliphatic heterocycles. The van der Waals surface area contributed by atoms with Gasteiger partial charge in [-0.25, -0.2) is 14.0 Å². The molecule has 5 nitrogen and oxygen atoms in total. The Hall–Kier alpha value is -1.82. The fourth-order valence-corrected chi connectivity index (χ4v) is 3.07. The summed E-state index contributed by atoms with van der Waals surface area (Å²) in [6.07, 6.45) is 0.146. The smallest absolute Gasteiger partial charge is 0.411 e. The summed E-state index contributed by atoms with van der Waals surface area (Å²) < 4.78 is 18.4. The molecule has 0 saturated carbocycles. The van der Waals surface area contributed by atoms with Gasteiger partial charge in [0, 0.05) is 11.6 Å². The highest BCUT2D eigenvalue weighted by molar-refractivity contribution is 6.31. The van der Waals surface area contributed by atoms with Crippen molar-refractivity contribution >= 4 is 23.7 Å². The largest absolute Gasteiger partial charge is 0.480 e. The van der Waals surface area contributed by atoms with Gasteiger partial charge in [-0.2, -0.15) is 0 Å². The highest BCUT2D eigenvalue weighted by atomic mass is 35.5.